The summed E-state index contributed by atoms with van der Waals surface area (Å²) in [6.07, 6.45) is 0. The maximum atomic E-state index is 10.7. The number of hydrogen-bond donors (Lipinski definition) is 0. The first-order valence-electron chi connectivity index (χ1n) is 5.40. The normalized spacial score (nSPS) is 10.8. The Labute approximate surface area is 127 Å². The fourth-order valence-electron chi connectivity index (χ4n) is 1.34. The van der Waals surface area contributed by atoms with E-state index in [-0.39, 0.29) is 9.58 Å². The Morgan fingerprint density at radius 1 is 0.708 bits per heavy atom. The van der Waals surface area contributed by atoms with E-state index in [0.717, 1.165) is 0 Å². The van der Waals surface area contributed by atoms with Crippen LogP contribution in [0.25, 0.3) is 0 Å². The van der Waals surface area contributed by atoms with Crippen LogP contribution in [0.3, 0.4) is 0 Å². The summed E-state index contributed by atoms with van der Waals surface area (Å²) in [5, 5.41) is 55.0. The molecule has 0 atom stereocenters. The second kappa shape index (κ2) is 5.78. The lowest BCUT2D eigenvalue weighted by Crippen LogP contribution is -2.02. The Bertz CT molecular complexity index is 821. The van der Waals surface area contributed by atoms with E-state index in [9.17, 15) is 40.5 Å². The zero-order valence-corrected chi connectivity index (χ0v) is 10.9. The minimum Gasteiger partial charge on any atom is -0.358 e. The van der Waals surface area contributed by atoms with E-state index < -0.39 is 43.0 Å². The number of hydrogen-bond acceptors (Lipinski definition) is 12. The minimum atomic E-state index is -1.07. The molecule has 0 N–H and O–H groups in total. The van der Waals surface area contributed by atoms with Crippen LogP contribution in [0.15, 0.2) is 22.6 Å². The van der Waals surface area contributed by atoms with Crippen molar-refractivity contribution in [2.75, 3.05) is 0 Å². The maximum absolute atomic E-state index is 10.7. The molecule has 18 nitrogen and oxygen atoms in total. The summed E-state index contributed by atoms with van der Waals surface area (Å²) in [6.45, 7) is 0. The van der Waals surface area contributed by atoms with E-state index in [1.807, 2.05) is 0 Å². The Morgan fingerprint density at radius 2 is 1.04 bits per heavy atom. The SMILES string of the molecule is O=[N+]([O-])c1cc([N+](=O)[O-])n(N=Nn2nc([N+](=O)[O-])cc2[N+](=O)[O-])n1. The van der Waals surface area contributed by atoms with Gasteiger partial charge in [-0.1, -0.05) is 0 Å². The molecule has 0 radical (unpaired) electrons. The van der Waals surface area contributed by atoms with Crippen molar-refractivity contribution in [3.8, 4) is 0 Å². The van der Waals surface area contributed by atoms with Crippen molar-refractivity contribution in [3.63, 3.8) is 0 Å². The van der Waals surface area contributed by atoms with Crippen molar-refractivity contribution in [3.05, 3.63) is 52.6 Å². The van der Waals surface area contributed by atoms with Gasteiger partial charge in [0.25, 0.3) is 0 Å². The Morgan fingerprint density at radius 3 is 1.29 bits per heavy atom. The molecule has 0 spiro atoms. The van der Waals surface area contributed by atoms with E-state index >= 15 is 0 Å². The van der Waals surface area contributed by atoms with Crippen molar-refractivity contribution in [1.29, 1.82) is 0 Å². The fraction of sp³-hybridized carbons (Fsp3) is 0. The Hall–Kier alpha value is -4.38. The number of aromatic nitrogens is 4. The van der Waals surface area contributed by atoms with Gasteiger partial charge in [-0.05, 0) is 19.7 Å². The molecule has 2 aromatic rings. The number of nitro groups is 4. The van der Waals surface area contributed by atoms with Crippen LogP contribution >= 0.6 is 0 Å². The minimum absolute atomic E-state index is 0.107. The molecule has 124 valence electrons. The van der Waals surface area contributed by atoms with Crippen LogP contribution in [0, 0.1) is 40.5 Å². The maximum Gasteiger partial charge on any atom is 0.423 e. The molecule has 0 aromatic carbocycles. The summed E-state index contributed by atoms with van der Waals surface area (Å²) in [6, 6.07) is 0.942. The smallest absolute Gasteiger partial charge is 0.358 e. The molecule has 24 heavy (non-hydrogen) atoms. The molecule has 0 saturated carbocycles. The number of nitrogens with zero attached hydrogens (tertiary/aromatic N) is 10. The zero-order valence-electron chi connectivity index (χ0n) is 10.9. The summed E-state index contributed by atoms with van der Waals surface area (Å²) in [4.78, 5) is 38.5. The largest absolute Gasteiger partial charge is 0.423 e. The van der Waals surface area contributed by atoms with E-state index in [1.54, 1.807) is 0 Å². The van der Waals surface area contributed by atoms with Crippen molar-refractivity contribution >= 4 is 23.3 Å². The van der Waals surface area contributed by atoms with Gasteiger partial charge in [-0.2, -0.15) is 0 Å². The highest BCUT2D eigenvalue weighted by Crippen LogP contribution is 2.21. The molecule has 0 aliphatic rings. The topological polar surface area (TPSA) is 233 Å². The summed E-state index contributed by atoms with van der Waals surface area (Å²) < 4.78 is 0. The summed E-state index contributed by atoms with van der Waals surface area (Å²) in [5.74, 6) is -3.78. The molecule has 0 aliphatic carbocycles. The first kappa shape index (κ1) is 16.0. The highest BCUT2D eigenvalue weighted by Gasteiger charge is 2.32. The highest BCUT2D eigenvalue weighted by molar-refractivity contribution is 5.32. The lowest BCUT2D eigenvalue weighted by Gasteiger charge is -1.86. The molecule has 0 fully saturated rings. The van der Waals surface area contributed by atoms with Crippen LogP contribution in [0.4, 0.5) is 23.3 Å². The summed E-state index contributed by atoms with van der Waals surface area (Å²) >= 11 is 0. The quantitative estimate of drug-likeness (QED) is 0.397. The van der Waals surface area contributed by atoms with Gasteiger partial charge in [0, 0.05) is 0 Å². The standard InChI is InChI=1S/C6H2N10O8/c17-13(18)3-1-5(15(21)22)11(7-3)9-10-12-6(16(23)24)2-4(8-12)14(19)20/h1-2H. The third kappa shape index (κ3) is 2.95. The van der Waals surface area contributed by atoms with Gasteiger partial charge in [0.2, 0.25) is 0 Å². The molecule has 2 heterocycles. The van der Waals surface area contributed by atoms with Crippen molar-refractivity contribution < 1.29 is 19.7 Å². The van der Waals surface area contributed by atoms with Crippen molar-refractivity contribution in [2.24, 2.45) is 10.4 Å². The molecule has 0 aliphatic heterocycles. The average Bonchev–Trinajstić information content (AvgIpc) is 3.09. The zero-order chi connectivity index (χ0) is 18.0. The van der Waals surface area contributed by atoms with Crippen LogP contribution < -0.4 is 0 Å². The molecular weight excluding hydrogens is 340 g/mol. The van der Waals surface area contributed by atoms with Gasteiger partial charge >= 0.3 is 23.3 Å². The lowest BCUT2D eigenvalue weighted by molar-refractivity contribution is -0.395. The average molecular weight is 342 g/mol. The van der Waals surface area contributed by atoms with Crippen LogP contribution in [-0.2, 0) is 0 Å². The van der Waals surface area contributed by atoms with Gasteiger partial charge < -0.3 is 40.5 Å². The van der Waals surface area contributed by atoms with Crippen molar-refractivity contribution in [1.82, 2.24) is 19.8 Å². The first-order chi connectivity index (χ1) is 11.2. The van der Waals surface area contributed by atoms with E-state index in [2.05, 4.69) is 20.6 Å². The lowest BCUT2D eigenvalue weighted by atomic mass is 10.6. The predicted molar refractivity (Wildman–Crippen MR) is 66.7 cm³/mol. The van der Waals surface area contributed by atoms with Gasteiger partial charge in [0.1, 0.15) is 32.2 Å². The third-order valence-corrected chi connectivity index (χ3v) is 2.28. The van der Waals surface area contributed by atoms with Gasteiger partial charge in [-0.3, -0.25) is 0 Å². The van der Waals surface area contributed by atoms with Gasteiger partial charge in [-0.25, -0.2) is 0 Å². The Balaban J connectivity index is 2.48. The summed E-state index contributed by atoms with van der Waals surface area (Å²) in [7, 11) is 0. The second-order valence-corrected chi connectivity index (χ2v) is 3.71. The predicted octanol–water partition coefficient (Wildman–Crippen LogP) is 0.391. The van der Waals surface area contributed by atoms with Crippen LogP contribution in [-0.4, -0.2) is 39.5 Å². The van der Waals surface area contributed by atoms with Gasteiger partial charge in [0.05, 0.1) is 0 Å². The molecule has 0 saturated heterocycles. The van der Waals surface area contributed by atoms with Gasteiger partial charge in [0.15, 0.2) is 10.2 Å². The molecule has 0 bridgehead atoms. The number of rotatable bonds is 6. The second-order valence-electron chi connectivity index (χ2n) is 3.71. The summed E-state index contributed by atoms with van der Waals surface area (Å²) in [5.41, 5.74) is 0. The van der Waals surface area contributed by atoms with Gasteiger partial charge in [-0.15, -0.1) is 0 Å². The van der Waals surface area contributed by atoms with Crippen LogP contribution in [0.1, 0.15) is 0 Å². The fourth-order valence-corrected chi connectivity index (χ4v) is 1.34. The monoisotopic (exact) mass is 342 g/mol. The molecule has 0 amide bonds. The molecule has 0 unspecified atom stereocenters. The van der Waals surface area contributed by atoms with E-state index in [4.69, 9.17) is 0 Å². The molecule has 18 heteroatoms. The van der Waals surface area contributed by atoms with Crippen molar-refractivity contribution in [2.45, 2.75) is 0 Å². The molecule has 2 aromatic heterocycles. The first-order valence-corrected chi connectivity index (χ1v) is 5.40. The highest BCUT2D eigenvalue weighted by atomic mass is 16.6. The van der Waals surface area contributed by atoms with Crippen LogP contribution in [0.2, 0.25) is 0 Å². The molecular formula is C6H2N10O8. The Kier molecular flexibility index (Phi) is 3.85. The molecule has 2 rings (SSSR count). The van der Waals surface area contributed by atoms with E-state index in [1.165, 1.54) is 0 Å². The van der Waals surface area contributed by atoms with E-state index in [0.29, 0.717) is 12.1 Å². The van der Waals surface area contributed by atoms with Crippen LogP contribution in [0.5, 0.6) is 0 Å². The third-order valence-electron chi connectivity index (χ3n) is 2.28.